The maximum atomic E-state index is 15.3. The average molecular weight is 489 g/mol. The highest BCUT2D eigenvalue weighted by Gasteiger charge is 2.50. The molecule has 0 saturated carbocycles. The number of hydrogen-bond donors (Lipinski definition) is 0. The van der Waals surface area contributed by atoms with E-state index in [0.29, 0.717) is 27.6 Å². The third-order valence-corrected chi connectivity index (χ3v) is 6.11. The van der Waals surface area contributed by atoms with Crippen LogP contribution in [0.4, 0.5) is 8.63 Å². The predicted molar refractivity (Wildman–Crippen MR) is 130 cm³/mol. The first-order valence-corrected chi connectivity index (χ1v) is 11.6. The van der Waals surface area contributed by atoms with E-state index in [1.54, 1.807) is 30.4 Å². The zero-order valence-corrected chi connectivity index (χ0v) is 19.2. The summed E-state index contributed by atoms with van der Waals surface area (Å²) < 4.78 is 32.6. The number of hydrogen-bond acceptors (Lipinski definition) is 4. The molecule has 1 aromatic carbocycles. The number of rotatable bonds is 7. The monoisotopic (exact) mass is 489 g/mol. The lowest BCUT2D eigenvalue weighted by atomic mass is 9.92. The average Bonchev–Trinajstić information content (AvgIpc) is 3.55. The molecule has 0 radical (unpaired) electrons. The van der Waals surface area contributed by atoms with Gasteiger partial charge in [0.05, 0.1) is 6.42 Å². The van der Waals surface area contributed by atoms with Gasteiger partial charge in [-0.3, -0.25) is 9.59 Å². The second-order valence-electron chi connectivity index (χ2n) is 8.69. The number of benzene rings is 1. The minimum absolute atomic E-state index is 0.00795. The molecule has 4 heterocycles. The molecule has 182 valence electrons. The van der Waals surface area contributed by atoms with Gasteiger partial charge in [-0.25, -0.2) is 4.79 Å². The number of hydroxylamine groups is 2. The molecule has 0 bridgehead atoms. The second kappa shape index (κ2) is 9.37. The Bertz CT molecular complexity index is 1390. The number of allylic oxidation sites excluding steroid dienone is 5. The van der Waals surface area contributed by atoms with Crippen LogP contribution in [0.15, 0.2) is 78.2 Å². The van der Waals surface area contributed by atoms with Crippen molar-refractivity contribution in [2.24, 2.45) is 0 Å². The Morgan fingerprint density at radius 3 is 2.53 bits per heavy atom. The molecule has 1 saturated heterocycles. The number of carbonyl (C=O) groups is 3. The lowest BCUT2D eigenvalue weighted by Gasteiger charge is -2.27. The summed E-state index contributed by atoms with van der Waals surface area (Å²) in [5.41, 5.74) is 2.94. The van der Waals surface area contributed by atoms with Crippen molar-refractivity contribution in [2.45, 2.75) is 25.7 Å². The summed E-state index contributed by atoms with van der Waals surface area (Å²) in [5, 5.41) is 0.481. The maximum absolute atomic E-state index is 15.3. The molecule has 1 fully saturated rings. The van der Waals surface area contributed by atoms with Crippen LogP contribution in [-0.4, -0.2) is 45.0 Å². The maximum Gasteiger partial charge on any atom is 0.736 e. The summed E-state index contributed by atoms with van der Waals surface area (Å²) >= 11 is 0. The molecule has 5 rings (SSSR count). The third-order valence-electron chi connectivity index (χ3n) is 6.11. The van der Waals surface area contributed by atoms with Gasteiger partial charge in [0, 0.05) is 36.3 Å². The lowest BCUT2D eigenvalue weighted by molar-refractivity contribution is -0.355. The van der Waals surface area contributed by atoms with Gasteiger partial charge in [-0.05, 0) is 35.9 Å². The summed E-state index contributed by atoms with van der Waals surface area (Å²) in [5.74, 6) is -1.89. The summed E-state index contributed by atoms with van der Waals surface area (Å²) in [6, 6.07) is 11.4. The van der Waals surface area contributed by atoms with Crippen LogP contribution in [-0.2, 0) is 25.6 Å². The summed E-state index contributed by atoms with van der Waals surface area (Å²) in [6.45, 7) is -4.11. The van der Waals surface area contributed by atoms with Gasteiger partial charge < -0.3 is 22.4 Å². The standard InChI is InChI=1S/C26H22BF2N3O4/c28-27(29)30-17-20(9-5-4-8-19-6-2-1-3-7-19)14-22(30)16-23-15-21(18-31(23)27)10-13-26(35)36-32-24(33)11-12-25(32)34/h1-9,14-18H,10-13H2/b8-4+,9-5+. The van der Waals surface area contributed by atoms with E-state index in [9.17, 15) is 14.4 Å². The Morgan fingerprint density at radius 1 is 1.06 bits per heavy atom. The Hall–Kier alpha value is -4.34. The predicted octanol–water partition coefficient (Wildman–Crippen LogP) is 3.90. The Balaban J connectivity index is 1.25. The fraction of sp³-hybridized carbons (Fsp3) is 0.154. The highest BCUT2D eigenvalue weighted by molar-refractivity contribution is 6.57. The van der Waals surface area contributed by atoms with E-state index in [1.165, 1.54) is 12.4 Å². The van der Waals surface area contributed by atoms with Crippen molar-refractivity contribution in [3.05, 3.63) is 95.0 Å². The SMILES string of the molecule is O=C(CCc1cc2n(c1)[B-](F)(F)[N+]1=CC(/C=C/C=C/c3ccccc3)=CC1=C2)ON1C(=O)CCC1=O. The molecule has 0 N–H and O–H groups in total. The minimum atomic E-state index is -4.11. The highest BCUT2D eigenvalue weighted by atomic mass is 19.2. The van der Waals surface area contributed by atoms with Gasteiger partial charge in [-0.15, -0.1) is 5.06 Å². The second-order valence-corrected chi connectivity index (χ2v) is 8.69. The normalized spacial score (nSPS) is 18.4. The van der Waals surface area contributed by atoms with Crippen LogP contribution in [0.25, 0.3) is 12.2 Å². The smallest absolute Gasteiger partial charge is 0.396 e. The lowest BCUT2D eigenvalue weighted by Crippen LogP contribution is -2.48. The summed E-state index contributed by atoms with van der Waals surface area (Å²) in [4.78, 5) is 40.0. The Morgan fingerprint density at radius 2 is 1.78 bits per heavy atom. The van der Waals surface area contributed by atoms with Crippen molar-refractivity contribution < 1.29 is 32.3 Å². The van der Waals surface area contributed by atoms with Gasteiger partial charge in [0.15, 0.2) is 5.70 Å². The summed E-state index contributed by atoms with van der Waals surface area (Å²) in [7, 11) is 0. The van der Waals surface area contributed by atoms with E-state index < -0.39 is 24.8 Å². The van der Waals surface area contributed by atoms with Crippen LogP contribution in [0.5, 0.6) is 0 Å². The van der Waals surface area contributed by atoms with Crippen molar-refractivity contribution in [1.82, 2.24) is 9.54 Å². The quantitative estimate of drug-likeness (QED) is 0.336. The van der Waals surface area contributed by atoms with E-state index in [4.69, 9.17) is 4.84 Å². The number of fused-ring (bicyclic) bond motifs is 2. The number of aromatic nitrogens is 1. The molecule has 0 aliphatic carbocycles. The van der Waals surface area contributed by atoms with E-state index >= 15 is 8.63 Å². The molecule has 0 unspecified atom stereocenters. The van der Waals surface area contributed by atoms with Crippen molar-refractivity contribution in [3.63, 3.8) is 0 Å². The van der Waals surface area contributed by atoms with Gasteiger partial charge in [-0.2, -0.15) is 0 Å². The minimum Gasteiger partial charge on any atom is -0.396 e. The molecule has 2 amide bonds. The molecule has 0 atom stereocenters. The summed E-state index contributed by atoms with van der Waals surface area (Å²) in [6.07, 6.45) is 13.5. The largest absolute Gasteiger partial charge is 0.736 e. The van der Waals surface area contributed by atoms with Crippen LogP contribution in [0, 0.1) is 0 Å². The first-order valence-electron chi connectivity index (χ1n) is 11.6. The molecule has 2 aromatic rings. The van der Waals surface area contributed by atoms with E-state index in [1.807, 2.05) is 42.5 Å². The third kappa shape index (κ3) is 4.62. The van der Waals surface area contributed by atoms with Gasteiger partial charge in [0.25, 0.3) is 11.8 Å². The fourth-order valence-corrected chi connectivity index (χ4v) is 4.31. The van der Waals surface area contributed by atoms with E-state index in [0.717, 1.165) is 14.5 Å². The Labute approximate surface area is 206 Å². The number of halogens is 2. The van der Waals surface area contributed by atoms with Gasteiger partial charge in [0.2, 0.25) is 0 Å². The van der Waals surface area contributed by atoms with Crippen molar-refractivity contribution in [2.75, 3.05) is 0 Å². The molecule has 36 heavy (non-hydrogen) atoms. The van der Waals surface area contributed by atoms with Crippen LogP contribution in [0.1, 0.15) is 36.1 Å². The number of aryl methyl sites for hydroxylation is 1. The fourth-order valence-electron chi connectivity index (χ4n) is 4.31. The first-order chi connectivity index (χ1) is 17.3. The molecule has 0 spiro atoms. The number of nitrogens with zero attached hydrogens (tertiary/aromatic N) is 3. The number of carbonyl (C=O) groups excluding carboxylic acids is 3. The molecular formula is C26H22BF2N3O4. The van der Waals surface area contributed by atoms with E-state index in [2.05, 4.69) is 0 Å². The molecule has 10 heteroatoms. The van der Waals surface area contributed by atoms with E-state index in [-0.39, 0.29) is 25.7 Å². The van der Waals surface area contributed by atoms with Crippen LogP contribution in [0.2, 0.25) is 0 Å². The Kier molecular flexibility index (Phi) is 6.09. The van der Waals surface area contributed by atoms with Crippen LogP contribution < -0.4 is 0 Å². The zero-order chi connectivity index (χ0) is 25.3. The van der Waals surface area contributed by atoms with Gasteiger partial charge >= 0.3 is 12.9 Å². The van der Waals surface area contributed by atoms with Crippen molar-refractivity contribution in [1.29, 1.82) is 0 Å². The molecule has 3 aliphatic rings. The molecular weight excluding hydrogens is 467 g/mol. The highest BCUT2D eigenvalue weighted by Crippen LogP contribution is 2.32. The number of imide groups is 1. The first kappa shape index (κ1) is 23.4. The van der Waals surface area contributed by atoms with Crippen molar-refractivity contribution in [3.8, 4) is 0 Å². The van der Waals surface area contributed by atoms with Gasteiger partial charge in [-0.1, -0.05) is 48.6 Å². The zero-order valence-electron chi connectivity index (χ0n) is 19.2. The van der Waals surface area contributed by atoms with Crippen LogP contribution >= 0.6 is 0 Å². The molecule has 7 nitrogen and oxygen atoms in total. The number of amides is 2. The molecule has 3 aliphatic heterocycles. The van der Waals surface area contributed by atoms with Crippen LogP contribution in [0.3, 0.4) is 0 Å². The molecule has 1 aromatic heterocycles. The topological polar surface area (TPSA) is 71.6 Å². The van der Waals surface area contributed by atoms with Gasteiger partial charge in [0.1, 0.15) is 6.21 Å². The van der Waals surface area contributed by atoms with Crippen molar-refractivity contribution >= 4 is 43.1 Å².